The van der Waals surface area contributed by atoms with Crippen LogP contribution in [0.1, 0.15) is 46.4 Å². The molecule has 4 rings (SSSR count). The van der Waals surface area contributed by atoms with Gasteiger partial charge in [0.2, 0.25) is 5.78 Å². The number of carbonyl (C=O) groups is 3. The molecule has 7 heteroatoms. The van der Waals surface area contributed by atoms with E-state index in [2.05, 4.69) is 0 Å². The molecule has 0 bridgehead atoms. The normalized spacial score (nSPS) is 13.0. The molecule has 1 heterocycles. The number of phenols is 2. The van der Waals surface area contributed by atoms with Crippen LogP contribution in [0.2, 0.25) is 0 Å². The van der Waals surface area contributed by atoms with Crippen LogP contribution in [-0.4, -0.2) is 32.9 Å². The summed E-state index contributed by atoms with van der Waals surface area (Å²) in [7, 11) is 0. The molecular weight excluding hydrogens is 344 g/mol. The monoisotopic (exact) mass is 354 g/mol. The van der Waals surface area contributed by atoms with E-state index in [1.807, 2.05) is 0 Å². The zero-order valence-corrected chi connectivity index (χ0v) is 13.6. The maximum atomic E-state index is 12.9. The molecular formula is C18H10O6S. The summed E-state index contributed by atoms with van der Waals surface area (Å²) in [5, 5.41) is 30.8. The number of hydrogen-bond acceptors (Lipinski definition) is 6. The van der Waals surface area contributed by atoms with Gasteiger partial charge in [-0.1, -0.05) is 24.3 Å². The van der Waals surface area contributed by atoms with Crippen LogP contribution in [-0.2, 0) is 0 Å². The van der Waals surface area contributed by atoms with Crippen molar-refractivity contribution in [1.82, 2.24) is 0 Å². The molecule has 1 aromatic heterocycles. The summed E-state index contributed by atoms with van der Waals surface area (Å²) in [6.07, 6.45) is 0. The Bertz CT molecular complexity index is 1140. The SMILES string of the molecule is Cc1c(C(=O)O)sc2c1C(=O)c1c(c(O)c3ccccc3c1O)C2=O. The Morgan fingerprint density at radius 3 is 1.96 bits per heavy atom. The third kappa shape index (κ3) is 1.81. The lowest BCUT2D eigenvalue weighted by molar-refractivity contribution is 0.0701. The van der Waals surface area contributed by atoms with Crippen LogP contribution in [0.4, 0.5) is 0 Å². The second kappa shape index (κ2) is 4.90. The maximum Gasteiger partial charge on any atom is 0.346 e. The first kappa shape index (κ1) is 15.3. The molecule has 0 aliphatic heterocycles. The molecule has 124 valence electrons. The second-order valence-corrected chi connectivity index (χ2v) is 6.74. The summed E-state index contributed by atoms with van der Waals surface area (Å²) in [5.74, 6) is -3.35. The molecule has 6 nitrogen and oxygen atoms in total. The van der Waals surface area contributed by atoms with E-state index in [0.29, 0.717) is 11.3 Å². The van der Waals surface area contributed by atoms with Crippen molar-refractivity contribution in [2.75, 3.05) is 0 Å². The molecule has 0 fully saturated rings. The molecule has 1 aliphatic carbocycles. The molecule has 0 spiro atoms. The molecule has 2 aromatic carbocycles. The van der Waals surface area contributed by atoms with E-state index in [0.717, 1.165) is 0 Å². The van der Waals surface area contributed by atoms with E-state index < -0.39 is 29.0 Å². The molecule has 3 N–H and O–H groups in total. The van der Waals surface area contributed by atoms with Gasteiger partial charge in [-0.3, -0.25) is 9.59 Å². The van der Waals surface area contributed by atoms with Gasteiger partial charge in [-0.15, -0.1) is 11.3 Å². The van der Waals surface area contributed by atoms with E-state index in [9.17, 15) is 29.7 Å². The van der Waals surface area contributed by atoms with Gasteiger partial charge >= 0.3 is 5.97 Å². The Morgan fingerprint density at radius 2 is 1.44 bits per heavy atom. The zero-order valence-electron chi connectivity index (χ0n) is 12.8. The van der Waals surface area contributed by atoms with Crippen molar-refractivity contribution < 1.29 is 29.7 Å². The number of carboxylic acid groups (broad SMARTS) is 1. The van der Waals surface area contributed by atoms with Crippen molar-refractivity contribution >= 4 is 39.6 Å². The number of carboxylic acids is 1. The number of benzene rings is 2. The topological polar surface area (TPSA) is 112 Å². The molecule has 0 unspecified atom stereocenters. The Morgan fingerprint density at radius 1 is 0.920 bits per heavy atom. The van der Waals surface area contributed by atoms with Crippen molar-refractivity contribution in [2.45, 2.75) is 6.92 Å². The Kier molecular flexibility index (Phi) is 3.01. The number of aromatic hydroxyl groups is 2. The molecule has 0 radical (unpaired) electrons. The van der Waals surface area contributed by atoms with Crippen LogP contribution in [0.3, 0.4) is 0 Å². The van der Waals surface area contributed by atoms with E-state index in [-0.39, 0.29) is 42.8 Å². The fourth-order valence-electron chi connectivity index (χ4n) is 3.23. The fraction of sp³-hybridized carbons (Fsp3) is 0.0556. The highest BCUT2D eigenvalue weighted by Crippen LogP contribution is 2.46. The highest BCUT2D eigenvalue weighted by Gasteiger charge is 2.40. The molecule has 1 aliphatic rings. The van der Waals surface area contributed by atoms with E-state index in [1.54, 1.807) is 12.1 Å². The average molecular weight is 354 g/mol. The molecule has 0 amide bonds. The van der Waals surface area contributed by atoms with E-state index in [4.69, 9.17) is 0 Å². The van der Waals surface area contributed by atoms with Crippen molar-refractivity contribution in [2.24, 2.45) is 0 Å². The van der Waals surface area contributed by atoms with E-state index >= 15 is 0 Å². The lowest BCUT2D eigenvalue weighted by atomic mass is 9.83. The van der Waals surface area contributed by atoms with Crippen LogP contribution >= 0.6 is 11.3 Å². The summed E-state index contributed by atoms with van der Waals surface area (Å²) in [4.78, 5) is 37.0. The Balaban J connectivity index is 2.15. The van der Waals surface area contributed by atoms with Crippen molar-refractivity contribution in [1.29, 1.82) is 0 Å². The lowest BCUT2D eigenvalue weighted by Gasteiger charge is -2.19. The van der Waals surface area contributed by atoms with Crippen LogP contribution in [0, 0.1) is 6.92 Å². The number of phenolic OH excluding ortho intramolecular Hbond substituents is 2. The Labute approximate surface area is 144 Å². The summed E-state index contributed by atoms with van der Waals surface area (Å²) >= 11 is 0.703. The minimum Gasteiger partial charge on any atom is -0.506 e. The van der Waals surface area contributed by atoms with Gasteiger partial charge in [0.1, 0.15) is 16.4 Å². The molecule has 0 saturated heterocycles. The predicted octanol–water partition coefficient (Wildman–Crippen LogP) is 3.09. The number of ketones is 2. The van der Waals surface area contributed by atoms with Gasteiger partial charge < -0.3 is 15.3 Å². The van der Waals surface area contributed by atoms with Gasteiger partial charge in [0.25, 0.3) is 0 Å². The van der Waals surface area contributed by atoms with E-state index in [1.165, 1.54) is 19.1 Å². The zero-order chi connectivity index (χ0) is 18.0. The highest BCUT2D eigenvalue weighted by atomic mass is 32.1. The van der Waals surface area contributed by atoms with Gasteiger partial charge in [-0.2, -0.15) is 0 Å². The average Bonchev–Trinajstić information content (AvgIpc) is 2.94. The third-order valence-corrected chi connectivity index (χ3v) is 5.67. The summed E-state index contributed by atoms with van der Waals surface area (Å²) in [6.45, 7) is 1.45. The first-order valence-corrected chi connectivity index (χ1v) is 8.09. The van der Waals surface area contributed by atoms with Gasteiger partial charge in [-0.25, -0.2) is 4.79 Å². The number of aromatic carboxylic acids is 1. The summed E-state index contributed by atoms with van der Waals surface area (Å²) in [5.41, 5.74) is -0.410. The van der Waals surface area contributed by atoms with Crippen LogP contribution < -0.4 is 0 Å². The number of rotatable bonds is 1. The Hall–Kier alpha value is -3.19. The number of fused-ring (bicyclic) bond motifs is 3. The summed E-state index contributed by atoms with van der Waals surface area (Å²) < 4.78 is 0. The van der Waals surface area contributed by atoms with Crippen molar-refractivity contribution in [3.8, 4) is 11.5 Å². The largest absolute Gasteiger partial charge is 0.506 e. The number of hydrogen-bond donors (Lipinski definition) is 3. The maximum absolute atomic E-state index is 12.9. The molecule has 0 atom stereocenters. The fourth-order valence-corrected chi connectivity index (χ4v) is 4.32. The van der Waals surface area contributed by atoms with Crippen molar-refractivity contribution in [3.05, 3.63) is 56.3 Å². The minimum absolute atomic E-state index is 0.0233. The summed E-state index contributed by atoms with van der Waals surface area (Å²) in [6, 6.07) is 6.32. The van der Waals surface area contributed by atoms with Crippen molar-refractivity contribution in [3.63, 3.8) is 0 Å². The van der Waals surface area contributed by atoms with Crippen LogP contribution in [0.25, 0.3) is 10.8 Å². The van der Waals surface area contributed by atoms with Crippen LogP contribution in [0.5, 0.6) is 11.5 Å². The molecule has 0 saturated carbocycles. The number of carbonyl (C=O) groups excluding carboxylic acids is 2. The third-order valence-electron chi connectivity index (χ3n) is 4.39. The second-order valence-electron chi connectivity index (χ2n) is 5.72. The van der Waals surface area contributed by atoms with Gasteiger partial charge in [-0.05, 0) is 12.5 Å². The highest BCUT2D eigenvalue weighted by molar-refractivity contribution is 7.16. The number of thiophene rings is 1. The molecule has 3 aromatic rings. The predicted molar refractivity (Wildman–Crippen MR) is 90.2 cm³/mol. The standard InChI is InChI=1S/C18H10O6S/c1-6-9-14(21)10-11(15(22)17(9)25-16(6)18(23)24)13(20)8-5-3-2-4-7(8)12(10)19/h2-5,19-20H,1H3,(H,23,24). The minimum atomic E-state index is -1.24. The van der Waals surface area contributed by atoms with Gasteiger partial charge in [0.15, 0.2) is 5.78 Å². The lowest BCUT2D eigenvalue weighted by Crippen LogP contribution is -2.20. The smallest absolute Gasteiger partial charge is 0.346 e. The first-order valence-electron chi connectivity index (χ1n) is 7.27. The quantitative estimate of drug-likeness (QED) is 0.453. The van der Waals surface area contributed by atoms with Gasteiger partial charge in [0, 0.05) is 16.3 Å². The first-order chi connectivity index (χ1) is 11.8. The van der Waals surface area contributed by atoms with Gasteiger partial charge in [0.05, 0.1) is 16.0 Å². The van der Waals surface area contributed by atoms with Crippen LogP contribution in [0.15, 0.2) is 24.3 Å². The molecule has 25 heavy (non-hydrogen) atoms.